The monoisotopic (exact) mass is 589 g/mol. The van der Waals surface area contributed by atoms with Crippen LogP contribution in [0.3, 0.4) is 0 Å². The molecule has 7 nitrogen and oxygen atoms in total. The molecule has 0 fully saturated rings. The third-order valence-corrected chi connectivity index (χ3v) is 8.84. The second-order valence-electron chi connectivity index (χ2n) is 9.16. The van der Waals surface area contributed by atoms with Crippen LogP contribution in [0.5, 0.6) is 0 Å². The summed E-state index contributed by atoms with van der Waals surface area (Å²) in [6, 6.07) is 17.4. The van der Waals surface area contributed by atoms with Gasteiger partial charge in [0.25, 0.3) is 10.0 Å². The minimum absolute atomic E-state index is 0.0502. The van der Waals surface area contributed by atoms with Gasteiger partial charge in [-0.05, 0) is 63.1 Å². The van der Waals surface area contributed by atoms with Crippen LogP contribution in [0.2, 0.25) is 10.0 Å². The average molecular weight is 591 g/mol. The number of likely N-dealkylation sites (N-methyl/N-ethyl adjacent to an activating group) is 1. The van der Waals surface area contributed by atoms with E-state index in [9.17, 15) is 18.0 Å². The van der Waals surface area contributed by atoms with E-state index in [1.165, 1.54) is 17.0 Å². The lowest BCUT2D eigenvalue weighted by molar-refractivity contribution is -0.140. The first kappa shape index (κ1) is 30.5. The molecule has 0 saturated carbocycles. The predicted octanol–water partition coefficient (Wildman–Crippen LogP) is 5.75. The van der Waals surface area contributed by atoms with Gasteiger partial charge in [-0.25, -0.2) is 8.42 Å². The first-order valence-electron chi connectivity index (χ1n) is 12.7. The molecule has 3 aromatic rings. The number of anilines is 1. The van der Waals surface area contributed by atoms with Gasteiger partial charge in [-0.15, -0.1) is 0 Å². The van der Waals surface area contributed by atoms with Crippen LogP contribution in [-0.4, -0.2) is 44.3 Å². The molecule has 0 aliphatic carbocycles. The van der Waals surface area contributed by atoms with E-state index < -0.39 is 28.5 Å². The molecule has 0 aliphatic heterocycles. The van der Waals surface area contributed by atoms with E-state index in [4.69, 9.17) is 23.2 Å². The molecule has 0 bridgehead atoms. The van der Waals surface area contributed by atoms with E-state index in [1.54, 1.807) is 69.3 Å². The molecule has 3 aromatic carbocycles. The molecule has 1 N–H and O–H groups in total. The van der Waals surface area contributed by atoms with Crippen LogP contribution < -0.4 is 9.62 Å². The van der Waals surface area contributed by atoms with Gasteiger partial charge in [0, 0.05) is 28.7 Å². The molecular weight excluding hydrogens is 557 g/mol. The van der Waals surface area contributed by atoms with Crippen molar-refractivity contribution >= 4 is 50.7 Å². The summed E-state index contributed by atoms with van der Waals surface area (Å²) in [6.07, 6.45) is 0.300. The quantitative estimate of drug-likeness (QED) is 0.308. The Morgan fingerprint density at radius 1 is 0.923 bits per heavy atom. The Labute approximate surface area is 240 Å². The Hall–Kier alpha value is -3.07. The van der Waals surface area contributed by atoms with Crippen LogP contribution in [-0.2, 0) is 26.2 Å². The Kier molecular flexibility index (Phi) is 10.4. The predicted molar refractivity (Wildman–Crippen MR) is 157 cm³/mol. The highest BCUT2D eigenvalue weighted by Crippen LogP contribution is 2.30. The first-order chi connectivity index (χ1) is 18.5. The molecule has 3 rings (SSSR count). The number of aryl methyl sites for hydroxylation is 2. The molecule has 2 amide bonds. The van der Waals surface area contributed by atoms with Crippen LogP contribution in [0.4, 0.5) is 5.69 Å². The van der Waals surface area contributed by atoms with Gasteiger partial charge in [0.05, 0.1) is 10.6 Å². The van der Waals surface area contributed by atoms with Gasteiger partial charge in [-0.3, -0.25) is 13.9 Å². The van der Waals surface area contributed by atoms with Gasteiger partial charge >= 0.3 is 0 Å². The maximum Gasteiger partial charge on any atom is 0.264 e. The third kappa shape index (κ3) is 7.12. The van der Waals surface area contributed by atoms with Gasteiger partial charge in [0.15, 0.2) is 0 Å². The number of nitrogens with zero attached hydrogens (tertiary/aromatic N) is 2. The van der Waals surface area contributed by atoms with Crippen LogP contribution >= 0.6 is 23.2 Å². The maximum absolute atomic E-state index is 14.1. The lowest BCUT2D eigenvalue weighted by atomic mass is 10.1. The van der Waals surface area contributed by atoms with Crippen LogP contribution in [0.25, 0.3) is 0 Å². The van der Waals surface area contributed by atoms with E-state index in [0.29, 0.717) is 39.8 Å². The number of carbonyl (C=O) groups is 2. The van der Waals surface area contributed by atoms with Crippen molar-refractivity contribution in [3.63, 3.8) is 0 Å². The summed E-state index contributed by atoms with van der Waals surface area (Å²) in [4.78, 5) is 28.5. The molecule has 0 heterocycles. The van der Waals surface area contributed by atoms with Crippen molar-refractivity contribution in [2.45, 2.75) is 51.6 Å². The van der Waals surface area contributed by atoms with Crippen molar-refractivity contribution in [2.75, 3.05) is 17.4 Å². The third-order valence-electron chi connectivity index (χ3n) is 6.36. The fourth-order valence-electron chi connectivity index (χ4n) is 4.38. The summed E-state index contributed by atoms with van der Waals surface area (Å²) in [5.41, 5.74) is 2.50. The van der Waals surface area contributed by atoms with E-state index >= 15 is 0 Å². The van der Waals surface area contributed by atoms with Crippen molar-refractivity contribution in [3.8, 4) is 0 Å². The van der Waals surface area contributed by atoms with E-state index in [2.05, 4.69) is 5.32 Å². The zero-order chi connectivity index (χ0) is 28.7. The van der Waals surface area contributed by atoms with Gasteiger partial charge in [0.2, 0.25) is 11.8 Å². The SMILES string of the molecule is CCNC(=O)[C@@H](CC)N(Cc1c(Cl)cccc1Cl)C(=O)CN(c1ccc(C)cc1C)S(=O)(=O)c1ccccc1. The maximum atomic E-state index is 14.1. The zero-order valence-electron chi connectivity index (χ0n) is 22.4. The largest absolute Gasteiger partial charge is 0.355 e. The number of hydrogen-bond acceptors (Lipinski definition) is 4. The molecule has 10 heteroatoms. The van der Waals surface area contributed by atoms with Crippen molar-refractivity contribution in [1.29, 1.82) is 0 Å². The highest BCUT2D eigenvalue weighted by Gasteiger charge is 2.34. The standard InChI is InChI=1S/C29H33Cl2N3O4S/c1-5-26(29(36)32-6-2)33(18-23-24(30)13-10-14-25(23)31)28(35)19-34(27-16-15-20(3)17-21(27)4)39(37,38)22-11-8-7-9-12-22/h7-17,26H,5-6,18-19H2,1-4H3,(H,32,36)/t26-/m1/s1. The van der Waals surface area contributed by atoms with Crippen molar-refractivity contribution < 1.29 is 18.0 Å². The van der Waals surface area contributed by atoms with Crippen molar-refractivity contribution in [1.82, 2.24) is 10.2 Å². The second-order valence-corrected chi connectivity index (χ2v) is 11.8. The Morgan fingerprint density at radius 3 is 2.13 bits per heavy atom. The number of hydrogen-bond donors (Lipinski definition) is 1. The lowest BCUT2D eigenvalue weighted by Crippen LogP contribution is -2.52. The number of halogens is 2. The molecule has 39 heavy (non-hydrogen) atoms. The Balaban J connectivity index is 2.12. The summed E-state index contributed by atoms with van der Waals surface area (Å²) in [7, 11) is -4.14. The first-order valence-corrected chi connectivity index (χ1v) is 14.9. The summed E-state index contributed by atoms with van der Waals surface area (Å²) in [5, 5.41) is 3.46. The molecule has 208 valence electrons. The number of rotatable bonds is 11. The molecule has 0 unspecified atom stereocenters. The fourth-order valence-corrected chi connectivity index (χ4v) is 6.40. The molecule has 0 radical (unpaired) electrons. The Bertz CT molecular complexity index is 1410. The summed E-state index contributed by atoms with van der Waals surface area (Å²) in [6.45, 7) is 7.06. The highest BCUT2D eigenvalue weighted by molar-refractivity contribution is 7.92. The van der Waals surface area contributed by atoms with Gasteiger partial charge < -0.3 is 10.2 Å². The van der Waals surface area contributed by atoms with Crippen LogP contribution in [0, 0.1) is 13.8 Å². The molecule has 0 aliphatic rings. The zero-order valence-corrected chi connectivity index (χ0v) is 24.8. The molecule has 0 aromatic heterocycles. The normalized spacial score (nSPS) is 12.1. The number of sulfonamides is 1. The smallest absolute Gasteiger partial charge is 0.264 e. The van der Waals surface area contributed by atoms with E-state index in [0.717, 1.165) is 9.87 Å². The van der Waals surface area contributed by atoms with Gasteiger partial charge in [0.1, 0.15) is 12.6 Å². The second kappa shape index (κ2) is 13.3. The van der Waals surface area contributed by atoms with Crippen molar-refractivity contribution in [3.05, 3.63) is 93.5 Å². The topological polar surface area (TPSA) is 86.8 Å². The Morgan fingerprint density at radius 2 is 1.56 bits per heavy atom. The minimum atomic E-state index is -4.14. The molecule has 0 saturated heterocycles. The lowest BCUT2D eigenvalue weighted by Gasteiger charge is -2.34. The van der Waals surface area contributed by atoms with Crippen molar-refractivity contribution in [2.24, 2.45) is 0 Å². The van der Waals surface area contributed by atoms with Gasteiger partial charge in [-0.2, -0.15) is 0 Å². The number of carbonyl (C=O) groups excluding carboxylic acids is 2. The number of benzene rings is 3. The van der Waals surface area contributed by atoms with Crippen LogP contribution in [0.1, 0.15) is 37.0 Å². The number of amides is 2. The van der Waals surface area contributed by atoms with E-state index in [1.807, 2.05) is 13.0 Å². The molecule has 0 spiro atoms. The summed E-state index contributed by atoms with van der Waals surface area (Å²) >= 11 is 12.9. The van der Waals surface area contributed by atoms with Gasteiger partial charge in [-0.1, -0.05) is 72.1 Å². The average Bonchev–Trinajstić information content (AvgIpc) is 2.89. The highest BCUT2D eigenvalue weighted by atomic mass is 35.5. The summed E-state index contributed by atoms with van der Waals surface area (Å²) < 4.78 is 28.9. The van der Waals surface area contributed by atoms with Crippen LogP contribution in [0.15, 0.2) is 71.6 Å². The molecular formula is C29H33Cl2N3O4S. The molecule has 1 atom stereocenters. The van der Waals surface area contributed by atoms with E-state index in [-0.39, 0.29) is 17.3 Å². The number of nitrogens with one attached hydrogen (secondary N) is 1. The summed E-state index contributed by atoms with van der Waals surface area (Å²) in [5.74, 6) is -0.913. The fraction of sp³-hybridized carbons (Fsp3) is 0.310. The minimum Gasteiger partial charge on any atom is -0.355 e.